The van der Waals surface area contributed by atoms with Crippen LogP contribution >= 0.6 is 0 Å². The Kier molecular flexibility index (Phi) is 4.08. The maximum absolute atomic E-state index is 12.4. The van der Waals surface area contributed by atoms with Gasteiger partial charge >= 0.3 is 0 Å². The quantitative estimate of drug-likeness (QED) is 0.890. The molecule has 2 rings (SSSR count). The number of pyridine rings is 1. The summed E-state index contributed by atoms with van der Waals surface area (Å²) in [5, 5.41) is 3.37. The zero-order chi connectivity index (χ0) is 13.9. The summed E-state index contributed by atoms with van der Waals surface area (Å²) in [6.07, 6.45) is 5.13. The van der Waals surface area contributed by atoms with Crippen LogP contribution < -0.4 is 5.32 Å². The molecule has 1 aliphatic heterocycles. The van der Waals surface area contributed by atoms with Crippen LogP contribution in [-0.2, 0) is 0 Å². The lowest BCUT2D eigenvalue weighted by Gasteiger charge is -2.27. The second kappa shape index (κ2) is 5.59. The number of rotatable bonds is 2. The molecule has 1 aliphatic rings. The van der Waals surface area contributed by atoms with Gasteiger partial charge < -0.3 is 10.2 Å². The Hall–Kier alpha value is -1.58. The first-order valence-electron chi connectivity index (χ1n) is 6.99. The van der Waals surface area contributed by atoms with Crippen LogP contribution in [0.15, 0.2) is 18.3 Å². The van der Waals surface area contributed by atoms with Gasteiger partial charge in [-0.1, -0.05) is 0 Å². The van der Waals surface area contributed by atoms with E-state index < -0.39 is 0 Å². The van der Waals surface area contributed by atoms with E-state index in [1.54, 1.807) is 6.20 Å². The first-order valence-corrected chi connectivity index (χ1v) is 6.99. The number of hydrogen-bond acceptors (Lipinski definition) is 3. The summed E-state index contributed by atoms with van der Waals surface area (Å²) < 4.78 is 0. The van der Waals surface area contributed by atoms with Crippen molar-refractivity contribution in [3.05, 3.63) is 24.0 Å². The summed E-state index contributed by atoms with van der Waals surface area (Å²) in [7, 11) is 0. The average molecular weight is 261 g/mol. The Bertz CT molecular complexity index is 445. The van der Waals surface area contributed by atoms with E-state index in [4.69, 9.17) is 0 Å². The summed E-state index contributed by atoms with van der Waals surface area (Å²) in [6, 6.07) is 3.75. The summed E-state index contributed by atoms with van der Waals surface area (Å²) in [6.45, 7) is 8.01. The molecule has 2 heterocycles. The molecule has 4 nitrogen and oxygen atoms in total. The molecule has 1 aromatic rings. The first-order chi connectivity index (χ1) is 8.96. The molecular formula is C15H23N3O. The maximum Gasteiger partial charge on any atom is 0.272 e. The number of amides is 1. The molecule has 104 valence electrons. The number of piperidine rings is 1. The minimum atomic E-state index is -0.0210. The molecule has 1 saturated heterocycles. The van der Waals surface area contributed by atoms with Gasteiger partial charge in [0.2, 0.25) is 0 Å². The van der Waals surface area contributed by atoms with Crippen LogP contribution in [0.5, 0.6) is 0 Å². The number of aromatic nitrogens is 1. The second-order valence-electron chi connectivity index (χ2n) is 6.16. The highest BCUT2D eigenvalue weighted by Gasteiger charge is 2.20. The van der Waals surface area contributed by atoms with Crippen molar-refractivity contribution in [1.82, 2.24) is 9.88 Å². The fraction of sp³-hybridized carbons (Fsp3) is 0.600. The first kappa shape index (κ1) is 13.8. The molecule has 1 aromatic heterocycles. The number of carbonyl (C=O) groups is 1. The SMILES string of the molecule is CC(C)(C)Nc1ccnc(C(=O)N2CCCCC2)c1. The molecule has 0 aliphatic carbocycles. The molecule has 1 amide bonds. The number of nitrogens with zero attached hydrogens (tertiary/aromatic N) is 2. The number of likely N-dealkylation sites (tertiary alicyclic amines) is 1. The molecule has 0 unspecified atom stereocenters. The highest BCUT2D eigenvalue weighted by Crippen LogP contribution is 2.17. The summed E-state index contributed by atoms with van der Waals surface area (Å²) in [5.41, 5.74) is 1.46. The van der Waals surface area contributed by atoms with Gasteiger partial charge in [0, 0.05) is 30.5 Å². The molecule has 0 saturated carbocycles. The lowest BCUT2D eigenvalue weighted by atomic mass is 10.1. The molecule has 4 heteroatoms. The lowest BCUT2D eigenvalue weighted by Crippen LogP contribution is -2.36. The molecular weight excluding hydrogens is 238 g/mol. The van der Waals surface area contributed by atoms with E-state index in [0.717, 1.165) is 31.6 Å². The van der Waals surface area contributed by atoms with Crippen LogP contribution in [0, 0.1) is 0 Å². The molecule has 1 fully saturated rings. The summed E-state index contributed by atoms with van der Waals surface area (Å²) >= 11 is 0. The number of anilines is 1. The lowest BCUT2D eigenvalue weighted by molar-refractivity contribution is 0.0718. The fourth-order valence-corrected chi connectivity index (χ4v) is 2.32. The van der Waals surface area contributed by atoms with E-state index in [0.29, 0.717) is 5.69 Å². The van der Waals surface area contributed by atoms with Gasteiger partial charge in [-0.15, -0.1) is 0 Å². The smallest absolute Gasteiger partial charge is 0.272 e. The molecule has 19 heavy (non-hydrogen) atoms. The van der Waals surface area contributed by atoms with Crippen molar-refractivity contribution in [2.24, 2.45) is 0 Å². The largest absolute Gasteiger partial charge is 0.380 e. The predicted octanol–water partition coefficient (Wildman–Crippen LogP) is 2.92. The van der Waals surface area contributed by atoms with E-state index in [9.17, 15) is 4.79 Å². The minimum absolute atomic E-state index is 0.0210. The molecule has 1 N–H and O–H groups in total. The van der Waals surface area contributed by atoms with E-state index in [1.165, 1.54) is 6.42 Å². The van der Waals surface area contributed by atoms with E-state index in [2.05, 4.69) is 31.1 Å². The number of nitrogens with one attached hydrogen (secondary N) is 1. The average Bonchev–Trinajstić information content (AvgIpc) is 2.37. The van der Waals surface area contributed by atoms with Crippen molar-refractivity contribution in [2.45, 2.75) is 45.6 Å². The molecule has 0 aromatic carbocycles. The van der Waals surface area contributed by atoms with E-state index >= 15 is 0 Å². The Morgan fingerprint density at radius 2 is 1.95 bits per heavy atom. The highest BCUT2D eigenvalue weighted by atomic mass is 16.2. The standard InChI is InChI=1S/C15H23N3O/c1-15(2,3)17-12-7-8-16-13(11-12)14(19)18-9-5-4-6-10-18/h7-8,11H,4-6,9-10H2,1-3H3,(H,16,17). The highest BCUT2D eigenvalue weighted by molar-refractivity contribution is 5.93. The van der Waals surface area contributed by atoms with Crippen LogP contribution in [-0.4, -0.2) is 34.4 Å². The zero-order valence-corrected chi connectivity index (χ0v) is 12.1. The number of hydrogen-bond donors (Lipinski definition) is 1. The third-order valence-electron chi connectivity index (χ3n) is 3.14. The topological polar surface area (TPSA) is 45.2 Å². The van der Waals surface area contributed by atoms with Crippen LogP contribution in [0.25, 0.3) is 0 Å². The van der Waals surface area contributed by atoms with E-state index in [1.807, 2.05) is 17.0 Å². The Balaban J connectivity index is 2.11. The third kappa shape index (κ3) is 3.94. The van der Waals surface area contributed by atoms with Crippen LogP contribution in [0.4, 0.5) is 5.69 Å². The van der Waals surface area contributed by atoms with Gasteiger partial charge in [-0.3, -0.25) is 9.78 Å². The van der Waals surface area contributed by atoms with Crippen LogP contribution in [0.2, 0.25) is 0 Å². The predicted molar refractivity (Wildman–Crippen MR) is 77.4 cm³/mol. The molecule has 0 spiro atoms. The normalized spacial score (nSPS) is 16.3. The van der Waals surface area contributed by atoms with Crippen molar-refractivity contribution >= 4 is 11.6 Å². The van der Waals surface area contributed by atoms with Crippen molar-refractivity contribution in [3.63, 3.8) is 0 Å². The summed E-state index contributed by atoms with van der Waals surface area (Å²) in [4.78, 5) is 18.5. The van der Waals surface area contributed by atoms with Gasteiger partial charge in [0.05, 0.1) is 0 Å². The Morgan fingerprint density at radius 3 is 2.58 bits per heavy atom. The van der Waals surface area contributed by atoms with E-state index in [-0.39, 0.29) is 11.4 Å². The molecule has 0 bridgehead atoms. The molecule has 0 radical (unpaired) electrons. The van der Waals surface area contributed by atoms with Gasteiger partial charge in [-0.2, -0.15) is 0 Å². The van der Waals surface area contributed by atoms with Crippen LogP contribution in [0.3, 0.4) is 0 Å². The van der Waals surface area contributed by atoms with Gasteiger partial charge in [-0.05, 0) is 52.2 Å². The maximum atomic E-state index is 12.4. The Morgan fingerprint density at radius 1 is 1.26 bits per heavy atom. The second-order valence-corrected chi connectivity index (χ2v) is 6.16. The van der Waals surface area contributed by atoms with Crippen molar-refractivity contribution in [2.75, 3.05) is 18.4 Å². The monoisotopic (exact) mass is 261 g/mol. The minimum Gasteiger partial charge on any atom is -0.380 e. The summed E-state index contributed by atoms with van der Waals surface area (Å²) in [5.74, 6) is 0.0530. The third-order valence-corrected chi connectivity index (χ3v) is 3.14. The molecule has 0 atom stereocenters. The van der Waals surface area contributed by atoms with Crippen molar-refractivity contribution in [3.8, 4) is 0 Å². The van der Waals surface area contributed by atoms with Gasteiger partial charge in [0.15, 0.2) is 0 Å². The zero-order valence-electron chi connectivity index (χ0n) is 12.1. The van der Waals surface area contributed by atoms with Gasteiger partial charge in [0.1, 0.15) is 5.69 Å². The van der Waals surface area contributed by atoms with Crippen molar-refractivity contribution < 1.29 is 4.79 Å². The fourth-order valence-electron chi connectivity index (χ4n) is 2.32. The number of carbonyl (C=O) groups excluding carboxylic acids is 1. The van der Waals surface area contributed by atoms with Gasteiger partial charge in [-0.25, -0.2) is 0 Å². The Labute approximate surface area is 115 Å². The van der Waals surface area contributed by atoms with Crippen LogP contribution in [0.1, 0.15) is 50.5 Å². The van der Waals surface area contributed by atoms with Gasteiger partial charge in [0.25, 0.3) is 5.91 Å². The van der Waals surface area contributed by atoms with Crippen molar-refractivity contribution in [1.29, 1.82) is 0 Å².